The van der Waals surface area contributed by atoms with Crippen LogP contribution in [-0.2, 0) is 4.79 Å². The molecule has 0 bridgehead atoms. The zero-order valence-corrected chi connectivity index (χ0v) is 11.1. The van der Waals surface area contributed by atoms with E-state index in [1.165, 1.54) is 12.8 Å². The molecule has 2 aliphatic rings. The third-order valence-electron chi connectivity index (χ3n) is 4.09. The Balaban J connectivity index is 1.92. The highest BCUT2D eigenvalue weighted by molar-refractivity contribution is 5.78. The van der Waals surface area contributed by atoms with Gasteiger partial charge in [0, 0.05) is 18.1 Å². The first-order chi connectivity index (χ1) is 7.92. The monoisotopic (exact) mass is 240 g/mol. The number of carboxylic acid groups (broad SMARTS) is 1. The lowest BCUT2D eigenvalue weighted by atomic mass is 9.92. The van der Waals surface area contributed by atoms with E-state index in [9.17, 15) is 9.90 Å². The molecule has 2 aliphatic carbocycles. The Morgan fingerprint density at radius 1 is 1.47 bits per heavy atom. The Morgan fingerprint density at radius 2 is 2.06 bits per heavy atom. The highest BCUT2D eigenvalue weighted by Crippen LogP contribution is 2.30. The minimum Gasteiger partial charge on any atom is -0.480 e. The summed E-state index contributed by atoms with van der Waals surface area (Å²) in [6.07, 6.45) is 5.44. The van der Waals surface area contributed by atoms with Crippen molar-refractivity contribution < 1.29 is 9.90 Å². The fourth-order valence-electron chi connectivity index (χ4n) is 2.46. The molecule has 0 aromatic heterocycles. The van der Waals surface area contributed by atoms with E-state index in [0.29, 0.717) is 24.5 Å². The van der Waals surface area contributed by atoms with Gasteiger partial charge in [-0.1, -0.05) is 0 Å². The van der Waals surface area contributed by atoms with Crippen molar-refractivity contribution >= 4 is 5.97 Å². The number of nitrogens with one attached hydrogen (secondary N) is 1. The minimum absolute atomic E-state index is 0.315. The van der Waals surface area contributed by atoms with Gasteiger partial charge in [-0.3, -0.25) is 10.1 Å². The van der Waals surface area contributed by atoms with Gasteiger partial charge in [-0.15, -0.1) is 0 Å². The molecule has 0 amide bonds. The highest BCUT2D eigenvalue weighted by Gasteiger charge is 2.41. The second kappa shape index (κ2) is 4.58. The van der Waals surface area contributed by atoms with Gasteiger partial charge in [-0.25, -0.2) is 0 Å². The number of rotatable bonds is 7. The van der Waals surface area contributed by atoms with Crippen LogP contribution in [0, 0.1) is 0 Å². The van der Waals surface area contributed by atoms with E-state index in [1.807, 2.05) is 6.92 Å². The van der Waals surface area contributed by atoms with Crippen LogP contribution in [-0.4, -0.2) is 46.7 Å². The molecule has 2 rings (SSSR count). The molecule has 0 spiro atoms. The molecule has 4 nitrogen and oxygen atoms in total. The van der Waals surface area contributed by atoms with Crippen LogP contribution in [0.5, 0.6) is 0 Å². The Kier molecular flexibility index (Phi) is 3.46. The molecule has 0 saturated heterocycles. The number of carbonyl (C=O) groups is 1. The topological polar surface area (TPSA) is 52.6 Å². The quantitative estimate of drug-likeness (QED) is 0.707. The molecule has 4 heteroatoms. The van der Waals surface area contributed by atoms with Gasteiger partial charge < -0.3 is 10.0 Å². The molecule has 0 aromatic carbocycles. The molecular weight excluding hydrogens is 216 g/mol. The largest absolute Gasteiger partial charge is 0.480 e. The first-order valence-corrected chi connectivity index (χ1v) is 6.65. The van der Waals surface area contributed by atoms with Gasteiger partial charge in [-0.2, -0.15) is 0 Å². The second-order valence-corrected chi connectivity index (χ2v) is 6.01. The molecule has 98 valence electrons. The average Bonchev–Trinajstić information content (AvgIpc) is 3.10. The van der Waals surface area contributed by atoms with Crippen LogP contribution in [0.2, 0.25) is 0 Å². The molecule has 17 heavy (non-hydrogen) atoms. The van der Waals surface area contributed by atoms with Gasteiger partial charge in [0.15, 0.2) is 0 Å². The molecule has 0 heterocycles. The maximum atomic E-state index is 11.4. The van der Waals surface area contributed by atoms with Crippen molar-refractivity contribution in [3.63, 3.8) is 0 Å². The third-order valence-corrected chi connectivity index (χ3v) is 4.09. The predicted octanol–water partition coefficient (Wildman–Crippen LogP) is 1.45. The van der Waals surface area contributed by atoms with Crippen LogP contribution < -0.4 is 5.32 Å². The van der Waals surface area contributed by atoms with Gasteiger partial charge in [0.05, 0.1) is 0 Å². The third kappa shape index (κ3) is 3.19. The number of nitrogens with zero attached hydrogens (tertiary/aromatic N) is 1. The summed E-state index contributed by atoms with van der Waals surface area (Å²) in [4.78, 5) is 13.8. The number of aliphatic carboxylic acids is 1. The van der Waals surface area contributed by atoms with Crippen molar-refractivity contribution in [2.75, 3.05) is 7.05 Å². The van der Waals surface area contributed by atoms with Crippen molar-refractivity contribution in [2.24, 2.45) is 0 Å². The smallest absolute Gasteiger partial charge is 0.323 e. The molecule has 0 aromatic rings. The van der Waals surface area contributed by atoms with Gasteiger partial charge in [-0.05, 0) is 53.0 Å². The summed E-state index contributed by atoms with van der Waals surface area (Å²) < 4.78 is 0. The van der Waals surface area contributed by atoms with Crippen molar-refractivity contribution in [3.8, 4) is 0 Å². The summed E-state index contributed by atoms with van der Waals surface area (Å²) in [6, 6.07) is 1.42. The molecule has 0 radical (unpaired) electrons. The lowest BCUT2D eigenvalue weighted by Gasteiger charge is -2.33. The summed E-state index contributed by atoms with van der Waals surface area (Å²) in [5.41, 5.74) is -0.774. The number of hydrogen-bond donors (Lipinski definition) is 2. The number of hydrogen-bond acceptors (Lipinski definition) is 3. The van der Waals surface area contributed by atoms with Crippen molar-refractivity contribution in [1.82, 2.24) is 10.2 Å². The van der Waals surface area contributed by atoms with Crippen molar-refractivity contribution in [2.45, 2.75) is 69.6 Å². The molecule has 2 atom stereocenters. The Hall–Kier alpha value is -0.610. The van der Waals surface area contributed by atoms with E-state index < -0.39 is 11.5 Å². The van der Waals surface area contributed by atoms with E-state index in [2.05, 4.69) is 24.2 Å². The summed E-state index contributed by atoms with van der Waals surface area (Å²) >= 11 is 0. The van der Waals surface area contributed by atoms with E-state index >= 15 is 0 Å². The zero-order valence-electron chi connectivity index (χ0n) is 11.1. The Labute approximate surface area is 103 Å². The fraction of sp³-hybridized carbons (Fsp3) is 0.923. The van der Waals surface area contributed by atoms with Gasteiger partial charge in [0.25, 0.3) is 0 Å². The van der Waals surface area contributed by atoms with Gasteiger partial charge in [0.2, 0.25) is 0 Å². The predicted molar refractivity (Wildman–Crippen MR) is 67.1 cm³/mol. The van der Waals surface area contributed by atoms with Gasteiger partial charge >= 0.3 is 5.97 Å². The van der Waals surface area contributed by atoms with E-state index in [1.54, 1.807) is 0 Å². The lowest BCUT2D eigenvalue weighted by Crippen LogP contribution is -2.54. The van der Waals surface area contributed by atoms with Crippen LogP contribution in [0.25, 0.3) is 0 Å². The van der Waals surface area contributed by atoms with Crippen LogP contribution in [0.15, 0.2) is 0 Å². The van der Waals surface area contributed by atoms with Crippen molar-refractivity contribution in [1.29, 1.82) is 0 Å². The molecule has 2 saturated carbocycles. The minimum atomic E-state index is -0.774. The van der Waals surface area contributed by atoms with Crippen LogP contribution in [0.4, 0.5) is 0 Å². The standard InChI is InChI=1S/C13H24N2O2/c1-9(15(3)11-6-7-11)8-13(2,12(16)17)14-10-4-5-10/h9-11,14H,4-8H2,1-3H3,(H,16,17). The van der Waals surface area contributed by atoms with Crippen LogP contribution in [0.1, 0.15) is 46.0 Å². The van der Waals surface area contributed by atoms with Gasteiger partial charge in [0.1, 0.15) is 5.54 Å². The summed E-state index contributed by atoms with van der Waals surface area (Å²) in [7, 11) is 2.11. The SMILES string of the molecule is CC(CC(C)(NC1CC1)C(=O)O)N(C)C1CC1. The van der Waals surface area contributed by atoms with E-state index in [-0.39, 0.29) is 0 Å². The van der Waals surface area contributed by atoms with Crippen LogP contribution >= 0.6 is 0 Å². The molecule has 2 fully saturated rings. The van der Waals surface area contributed by atoms with E-state index in [4.69, 9.17) is 0 Å². The first-order valence-electron chi connectivity index (χ1n) is 6.65. The average molecular weight is 240 g/mol. The summed E-state index contributed by atoms with van der Waals surface area (Å²) in [6.45, 7) is 3.96. The highest BCUT2D eigenvalue weighted by atomic mass is 16.4. The lowest BCUT2D eigenvalue weighted by molar-refractivity contribution is -0.145. The maximum Gasteiger partial charge on any atom is 0.323 e. The molecule has 0 aliphatic heterocycles. The molecule has 2 N–H and O–H groups in total. The number of carboxylic acids is 1. The summed E-state index contributed by atoms with van der Waals surface area (Å²) in [5.74, 6) is -0.722. The first kappa shape index (κ1) is 12.8. The normalized spacial score (nSPS) is 25.6. The second-order valence-electron chi connectivity index (χ2n) is 6.01. The Bertz CT molecular complexity index is 300. The maximum absolute atomic E-state index is 11.4. The fourth-order valence-corrected chi connectivity index (χ4v) is 2.46. The Morgan fingerprint density at radius 3 is 2.47 bits per heavy atom. The summed E-state index contributed by atoms with van der Waals surface area (Å²) in [5, 5.41) is 12.7. The van der Waals surface area contributed by atoms with E-state index in [0.717, 1.165) is 12.8 Å². The zero-order chi connectivity index (χ0) is 12.6. The molecular formula is C13H24N2O2. The molecule has 2 unspecified atom stereocenters. The van der Waals surface area contributed by atoms with Crippen molar-refractivity contribution in [3.05, 3.63) is 0 Å². The van der Waals surface area contributed by atoms with Crippen LogP contribution in [0.3, 0.4) is 0 Å².